The molecule has 0 saturated carbocycles. The second-order valence-electron chi connectivity index (χ2n) is 25.5. The number of alkyl halides is 34. The summed E-state index contributed by atoms with van der Waals surface area (Å²) in [7, 11) is 0. The van der Waals surface area contributed by atoms with Gasteiger partial charge in [-0.05, 0) is 108 Å². The molecule has 4 unspecified atom stereocenters. The van der Waals surface area contributed by atoms with Crippen molar-refractivity contribution >= 4 is 35.5 Å². The summed E-state index contributed by atoms with van der Waals surface area (Å²) in [5, 5.41) is -3.29. The maximum absolute atomic E-state index is 15.5. The molecule has 0 fully saturated rings. The second kappa shape index (κ2) is 33.4. The molecule has 0 aliphatic carbocycles. The van der Waals surface area contributed by atoms with Gasteiger partial charge in [0.2, 0.25) is 0 Å². The van der Waals surface area contributed by atoms with Gasteiger partial charge in [0.05, 0.1) is 21.6 Å². The molecule has 4 atom stereocenters. The summed E-state index contributed by atoms with van der Waals surface area (Å²) >= 11 is 0.114. The number of rotatable bonds is 38. The summed E-state index contributed by atoms with van der Waals surface area (Å²) in [6.45, 7) is 9.93. The molecule has 618 valence electrons. The van der Waals surface area contributed by atoms with E-state index in [1.165, 1.54) is 84.9 Å². The monoisotopic (exact) mass is 1680 g/mol. The number of halogens is 34. The summed E-state index contributed by atoms with van der Waals surface area (Å²) in [4.78, 5) is 29.0. The lowest BCUT2D eigenvalue weighted by Gasteiger charge is -2.42. The SMILES string of the molecule is CCCCc1cc(CCCC)c(OC(=O)c2ccc(C(=O)Oc3c(C(C)CC)cc(C(C)CC)cc3C(SCCC(F)(F)C(F)(F)C(F)(F)C(F)(F)C(F)(F)C(F)(F)C(F)(F)C(F)(F)F)c3ccccc3)cc2)c(C(SCCC(F)(F)C(F)(F)C(F)(F)C(F)(F)C(F)(F)C(F)(F)C(F)(F)C(F)(F)F)c2ccccc2)c1. The molecular weight excluding hydrogens is 1610 g/mol. The van der Waals surface area contributed by atoms with Crippen LogP contribution in [0.25, 0.3) is 0 Å². The first kappa shape index (κ1) is 94.0. The van der Waals surface area contributed by atoms with Gasteiger partial charge < -0.3 is 9.47 Å². The van der Waals surface area contributed by atoms with E-state index in [-0.39, 0.29) is 82.6 Å². The molecule has 0 heterocycles. The Bertz CT molecular complexity index is 3920. The number of hydrogen-bond donors (Lipinski definition) is 0. The fourth-order valence-corrected chi connectivity index (χ4v) is 13.3. The first-order chi connectivity index (χ1) is 50.0. The van der Waals surface area contributed by atoms with Crippen LogP contribution in [0, 0.1) is 0 Å². The van der Waals surface area contributed by atoms with Crippen LogP contribution in [0.4, 0.5) is 149 Å². The molecule has 5 aromatic carbocycles. The first-order valence-corrected chi connectivity index (χ1v) is 34.7. The van der Waals surface area contributed by atoms with Gasteiger partial charge >= 0.3 is 107 Å². The molecule has 0 N–H and O–H groups in total. The van der Waals surface area contributed by atoms with Gasteiger partial charge in [-0.25, -0.2) is 9.59 Å². The Morgan fingerprint density at radius 3 is 0.991 bits per heavy atom. The van der Waals surface area contributed by atoms with Gasteiger partial charge in [-0.2, -0.15) is 149 Å². The van der Waals surface area contributed by atoms with Crippen LogP contribution in [-0.4, -0.2) is 119 Å². The van der Waals surface area contributed by atoms with Gasteiger partial charge in [-0.3, -0.25) is 0 Å². The largest absolute Gasteiger partial charge is 0.460 e. The van der Waals surface area contributed by atoms with Crippen LogP contribution in [0.3, 0.4) is 0 Å². The van der Waals surface area contributed by atoms with Crippen molar-refractivity contribution in [2.75, 3.05) is 11.5 Å². The number of benzene rings is 5. The van der Waals surface area contributed by atoms with Crippen LogP contribution in [0.15, 0.2) is 109 Å². The summed E-state index contributed by atoms with van der Waals surface area (Å²) in [5.41, 5.74) is -0.471. The molecule has 0 aliphatic rings. The Morgan fingerprint density at radius 1 is 0.345 bits per heavy atom. The van der Waals surface area contributed by atoms with Gasteiger partial charge in [0, 0.05) is 35.5 Å². The standard InChI is InChI=1S/C70H64F34O4S2/c1-7-11-19-39-33-44(20-12-8-2)49(47(34-39)51(40-21-15-13-16-22-40)109-31-29-55(71,72)57(75,76)59(79,80)61(83,84)63(87,88)65(91,92)67(95,96)69(99,100)101)107-53(105)42-25-27-43(28-26-42)54(106)108-50-46(38(6)10-4)35-45(37(5)9-3)36-48(50)52(41-23-17-14-18-24-41)110-32-30-56(73,74)58(77,78)60(81,82)62(85,86)64(89,90)66(93,94)68(97,98)70(102,103)104/h13-18,21-28,33-38,51-52H,7-12,19-20,29-32H2,1-6H3. The number of carbonyl (C=O) groups is 2. The molecule has 110 heavy (non-hydrogen) atoms. The smallest absolute Gasteiger partial charge is 0.422 e. The summed E-state index contributed by atoms with van der Waals surface area (Å²) in [5.74, 6) is -124. The van der Waals surface area contributed by atoms with E-state index in [0.717, 1.165) is 24.3 Å². The highest BCUT2D eigenvalue weighted by molar-refractivity contribution is 7.99. The van der Waals surface area contributed by atoms with Crippen molar-refractivity contribution in [3.63, 3.8) is 0 Å². The lowest BCUT2D eigenvalue weighted by atomic mass is 9.87. The number of ether oxygens (including phenoxy) is 2. The van der Waals surface area contributed by atoms with E-state index >= 15 is 35.1 Å². The number of unbranched alkanes of at least 4 members (excludes halogenated alkanes) is 2. The third kappa shape index (κ3) is 17.2. The Balaban J connectivity index is 1.58. The molecule has 0 aromatic heterocycles. The Labute approximate surface area is 613 Å². The number of esters is 2. The van der Waals surface area contributed by atoms with E-state index < -0.39 is 177 Å². The lowest BCUT2D eigenvalue weighted by Crippen LogP contribution is -2.74. The molecule has 4 nitrogen and oxygen atoms in total. The summed E-state index contributed by atoms with van der Waals surface area (Å²) in [6, 6.07) is 22.1. The number of hydrogen-bond acceptors (Lipinski definition) is 6. The molecule has 0 aliphatic heterocycles. The van der Waals surface area contributed by atoms with E-state index in [0.29, 0.717) is 36.8 Å². The minimum atomic E-state index is -8.86. The topological polar surface area (TPSA) is 52.6 Å². The highest BCUT2D eigenvalue weighted by atomic mass is 32.2. The number of thioether (sulfide) groups is 2. The van der Waals surface area contributed by atoms with Gasteiger partial charge in [0.25, 0.3) is 0 Å². The van der Waals surface area contributed by atoms with E-state index in [1.54, 1.807) is 41.5 Å². The van der Waals surface area contributed by atoms with Crippen LogP contribution in [-0.2, 0) is 12.8 Å². The maximum Gasteiger partial charge on any atom is 0.460 e. The van der Waals surface area contributed by atoms with Crippen molar-refractivity contribution in [3.8, 4) is 11.5 Å². The van der Waals surface area contributed by atoms with Gasteiger partial charge in [-0.15, -0.1) is 23.5 Å². The lowest BCUT2D eigenvalue weighted by molar-refractivity contribution is -0.461. The van der Waals surface area contributed by atoms with Crippen LogP contribution in [0.5, 0.6) is 11.5 Å². The quantitative estimate of drug-likeness (QED) is 0.0223. The molecule has 0 radical (unpaired) electrons. The van der Waals surface area contributed by atoms with Crippen LogP contribution in [0.2, 0.25) is 0 Å². The molecule has 0 amide bonds. The zero-order valence-electron chi connectivity index (χ0n) is 57.5. The van der Waals surface area contributed by atoms with Crippen LogP contribution in [0.1, 0.15) is 180 Å². The van der Waals surface area contributed by atoms with Crippen molar-refractivity contribution < 1.29 is 168 Å². The Hall–Kier alpha value is -6.64. The highest BCUT2D eigenvalue weighted by Crippen LogP contribution is 2.67. The predicted octanol–water partition coefficient (Wildman–Crippen LogP) is 26.3. The zero-order valence-corrected chi connectivity index (χ0v) is 59.1. The normalized spacial score (nSPS) is 15.3. The fourth-order valence-electron chi connectivity index (χ4n) is 10.6. The van der Waals surface area contributed by atoms with E-state index in [9.17, 15) is 124 Å². The van der Waals surface area contributed by atoms with E-state index in [2.05, 4.69) is 0 Å². The van der Waals surface area contributed by atoms with Gasteiger partial charge in [0.1, 0.15) is 11.5 Å². The molecule has 0 spiro atoms. The van der Waals surface area contributed by atoms with Crippen molar-refractivity contribution in [1.29, 1.82) is 0 Å². The Morgan fingerprint density at radius 2 is 0.655 bits per heavy atom. The predicted molar refractivity (Wildman–Crippen MR) is 336 cm³/mol. The fraction of sp³-hybridized carbons (Fsp3) is 0.543. The van der Waals surface area contributed by atoms with Crippen molar-refractivity contribution in [2.45, 2.75) is 223 Å². The number of aryl methyl sites for hydroxylation is 2. The minimum absolute atomic E-state index is 0.0110. The molecule has 0 bridgehead atoms. The first-order valence-electron chi connectivity index (χ1n) is 32.6. The van der Waals surface area contributed by atoms with Gasteiger partial charge in [-0.1, -0.05) is 139 Å². The highest BCUT2D eigenvalue weighted by Gasteiger charge is 2.97. The molecular formula is C70H64F34O4S2. The van der Waals surface area contributed by atoms with E-state index in [4.69, 9.17) is 9.47 Å². The molecule has 5 rings (SSSR count). The van der Waals surface area contributed by atoms with Crippen LogP contribution < -0.4 is 9.47 Å². The summed E-state index contributed by atoms with van der Waals surface area (Å²) in [6.07, 6.45) is -19.4. The molecule has 5 aromatic rings. The third-order valence-electron chi connectivity index (χ3n) is 17.9. The zero-order chi connectivity index (χ0) is 84.4. The van der Waals surface area contributed by atoms with Crippen LogP contribution >= 0.6 is 23.5 Å². The summed E-state index contributed by atoms with van der Waals surface area (Å²) < 4.78 is 498. The molecule has 40 heteroatoms. The average molecular weight is 1680 g/mol. The number of carbonyl (C=O) groups excluding carboxylic acids is 2. The third-order valence-corrected chi connectivity index (χ3v) is 20.5. The minimum Gasteiger partial charge on any atom is -0.422 e. The second-order valence-corrected chi connectivity index (χ2v) is 27.9. The van der Waals surface area contributed by atoms with Crippen molar-refractivity contribution in [2.24, 2.45) is 0 Å². The van der Waals surface area contributed by atoms with Gasteiger partial charge in [0.15, 0.2) is 0 Å². The average Bonchev–Trinajstić information content (AvgIpc) is 0.699. The van der Waals surface area contributed by atoms with E-state index in [1.807, 2.05) is 0 Å². The Kier molecular flexibility index (Phi) is 28.6. The van der Waals surface area contributed by atoms with Crippen molar-refractivity contribution in [3.05, 3.63) is 165 Å². The molecule has 0 saturated heterocycles. The maximum atomic E-state index is 15.5. The van der Waals surface area contributed by atoms with Crippen molar-refractivity contribution in [1.82, 2.24) is 0 Å².